The number of aldehydes is 1. The summed E-state index contributed by atoms with van der Waals surface area (Å²) < 4.78 is 7.49. The molecule has 3 heterocycles. The second-order valence-corrected chi connectivity index (χ2v) is 4.15. The zero-order valence-electron chi connectivity index (χ0n) is 9.87. The van der Waals surface area contributed by atoms with Crippen molar-refractivity contribution in [3.63, 3.8) is 0 Å². The highest BCUT2D eigenvalue weighted by molar-refractivity contribution is 5.82. The lowest BCUT2D eigenvalue weighted by molar-refractivity contribution is 0.111. The Hall–Kier alpha value is -2.01. The third-order valence-electron chi connectivity index (χ3n) is 2.99. The van der Waals surface area contributed by atoms with Crippen LogP contribution in [0.25, 0.3) is 11.4 Å². The van der Waals surface area contributed by atoms with Gasteiger partial charge in [0.05, 0.1) is 11.4 Å². The summed E-state index contributed by atoms with van der Waals surface area (Å²) in [7, 11) is 0. The maximum Gasteiger partial charge on any atom is 0.170 e. The Morgan fingerprint density at radius 3 is 3.11 bits per heavy atom. The van der Waals surface area contributed by atoms with Gasteiger partial charge in [-0.25, -0.2) is 4.98 Å². The van der Waals surface area contributed by atoms with E-state index in [2.05, 4.69) is 9.97 Å². The van der Waals surface area contributed by atoms with Gasteiger partial charge in [-0.05, 0) is 18.6 Å². The quantitative estimate of drug-likeness (QED) is 0.753. The molecule has 0 unspecified atom stereocenters. The summed E-state index contributed by atoms with van der Waals surface area (Å²) in [5, 5.41) is 0. The van der Waals surface area contributed by atoms with Gasteiger partial charge in [0.1, 0.15) is 18.1 Å². The molecule has 2 aromatic heterocycles. The average Bonchev–Trinajstić information content (AvgIpc) is 2.62. The Bertz CT molecular complexity index is 563. The van der Waals surface area contributed by atoms with Crippen LogP contribution in [0.2, 0.25) is 0 Å². The molecule has 5 nitrogen and oxygen atoms in total. The molecule has 0 spiro atoms. The summed E-state index contributed by atoms with van der Waals surface area (Å²) in [6, 6.07) is 5.65. The van der Waals surface area contributed by atoms with Gasteiger partial charge in [0, 0.05) is 19.3 Å². The second kappa shape index (κ2) is 4.70. The third kappa shape index (κ3) is 1.82. The molecule has 0 aliphatic carbocycles. The predicted molar refractivity (Wildman–Crippen MR) is 65.1 cm³/mol. The maximum absolute atomic E-state index is 11.2. The monoisotopic (exact) mass is 243 g/mol. The molecule has 0 atom stereocenters. The number of carbonyl (C=O) groups excluding carboxylic acids is 1. The van der Waals surface area contributed by atoms with Crippen molar-refractivity contribution in [2.24, 2.45) is 0 Å². The van der Waals surface area contributed by atoms with Crippen molar-refractivity contribution in [2.45, 2.75) is 19.6 Å². The number of pyridine rings is 1. The van der Waals surface area contributed by atoms with E-state index in [9.17, 15) is 4.79 Å². The summed E-state index contributed by atoms with van der Waals surface area (Å²) >= 11 is 0. The van der Waals surface area contributed by atoms with E-state index in [1.165, 1.54) is 0 Å². The lowest BCUT2D eigenvalue weighted by atomic mass is 10.2. The van der Waals surface area contributed by atoms with E-state index in [0.717, 1.165) is 43.1 Å². The van der Waals surface area contributed by atoms with E-state index in [-0.39, 0.29) is 0 Å². The zero-order valence-corrected chi connectivity index (χ0v) is 9.87. The molecule has 2 aromatic rings. The normalized spacial score (nSPS) is 14.9. The Morgan fingerprint density at radius 2 is 2.33 bits per heavy atom. The smallest absolute Gasteiger partial charge is 0.170 e. The van der Waals surface area contributed by atoms with Gasteiger partial charge >= 0.3 is 0 Å². The number of hydrogen-bond donors (Lipinski definition) is 0. The van der Waals surface area contributed by atoms with Crippen LogP contribution in [0.15, 0.2) is 24.4 Å². The van der Waals surface area contributed by atoms with E-state index in [0.29, 0.717) is 12.3 Å². The van der Waals surface area contributed by atoms with Crippen LogP contribution in [0.3, 0.4) is 0 Å². The minimum absolute atomic E-state index is 0.439. The minimum Gasteiger partial charge on any atom is -0.373 e. The van der Waals surface area contributed by atoms with Crippen LogP contribution in [0.5, 0.6) is 0 Å². The molecular weight excluding hydrogens is 230 g/mol. The average molecular weight is 243 g/mol. The molecule has 0 bridgehead atoms. The number of imidazole rings is 1. The first-order valence-corrected chi connectivity index (χ1v) is 5.94. The lowest BCUT2D eigenvalue weighted by Gasteiger charge is -2.07. The largest absolute Gasteiger partial charge is 0.373 e. The number of aromatic nitrogens is 3. The number of rotatable bonds is 2. The van der Waals surface area contributed by atoms with Crippen LogP contribution in [-0.2, 0) is 17.9 Å². The highest BCUT2D eigenvalue weighted by atomic mass is 16.5. The molecule has 1 aliphatic heterocycles. The van der Waals surface area contributed by atoms with E-state index in [1.54, 1.807) is 6.20 Å². The Kier molecular flexibility index (Phi) is 2.90. The van der Waals surface area contributed by atoms with Gasteiger partial charge in [0.2, 0.25) is 0 Å². The summed E-state index contributed by atoms with van der Waals surface area (Å²) in [5.74, 6) is 0.801. The number of nitrogens with zero attached hydrogens (tertiary/aromatic N) is 3. The van der Waals surface area contributed by atoms with Crippen molar-refractivity contribution in [2.75, 3.05) is 6.61 Å². The Balaban J connectivity index is 2.17. The van der Waals surface area contributed by atoms with E-state index < -0.39 is 0 Å². The lowest BCUT2D eigenvalue weighted by Crippen LogP contribution is -2.04. The van der Waals surface area contributed by atoms with Crippen molar-refractivity contribution in [3.8, 4) is 11.4 Å². The summed E-state index contributed by atoms with van der Waals surface area (Å²) in [6.07, 6.45) is 3.42. The van der Waals surface area contributed by atoms with E-state index >= 15 is 0 Å². The van der Waals surface area contributed by atoms with Crippen LogP contribution in [-0.4, -0.2) is 27.4 Å². The number of carbonyl (C=O) groups is 1. The van der Waals surface area contributed by atoms with E-state index in [4.69, 9.17) is 4.74 Å². The molecule has 5 heteroatoms. The number of ether oxygens (including phenoxy) is 1. The van der Waals surface area contributed by atoms with Crippen molar-refractivity contribution in [3.05, 3.63) is 35.9 Å². The van der Waals surface area contributed by atoms with Gasteiger partial charge in [0.25, 0.3) is 0 Å². The summed E-state index contributed by atoms with van der Waals surface area (Å²) in [6.45, 7) is 1.98. The first-order chi connectivity index (χ1) is 8.90. The maximum atomic E-state index is 11.2. The van der Waals surface area contributed by atoms with E-state index in [1.807, 2.05) is 22.8 Å². The van der Waals surface area contributed by atoms with Gasteiger partial charge in [-0.2, -0.15) is 0 Å². The van der Waals surface area contributed by atoms with Gasteiger partial charge in [0.15, 0.2) is 6.29 Å². The predicted octanol–water partition coefficient (Wildman–Crippen LogP) is 1.68. The molecule has 0 fully saturated rings. The molecular formula is C13H13N3O2. The van der Waals surface area contributed by atoms with Crippen LogP contribution in [0.1, 0.15) is 22.7 Å². The molecule has 0 N–H and O–H groups in total. The van der Waals surface area contributed by atoms with Crippen molar-refractivity contribution < 1.29 is 9.53 Å². The molecule has 0 aromatic carbocycles. The molecule has 0 saturated carbocycles. The number of hydrogen-bond acceptors (Lipinski definition) is 4. The van der Waals surface area contributed by atoms with Crippen LogP contribution in [0.4, 0.5) is 0 Å². The topological polar surface area (TPSA) is 57.0 Å². The minimum atomic E-state index is 0.439. The Labute approximate surface area is 104 Å². The second-order valence-electron chi connectivity index (χ2n) is 4.15. The van der Waals surface area contributed by atoms with Crippen LogP contribution < -0.4 is 0 Å². The molecule has 0 amide bonds. The van der Waals surface area contributed by atoms with Gasteiger partial charge in [-0.1, -0.05) is 6.07 Å². The molecule has 0 radical (unpaired) electrons. The zero-order chi connectivity index (χ0) is 12.4. The van der Waals surface area contributed by atoms with Crippen molar-refractivity contribution in [1.29, 1.82) is 0 Å². The SMILES string of the molecule is O=Cc1nc2n(c1-c1ccccn1)CCCOC2. The molecule has 0 saturated heterocycles. The van der Waals surface area contributed by atoms with Gasteiger partial charge in [-0.3, -0.25) is 9.78 Å². The highest BCUT2D eigenvalue weighted by Crippen LogP contribution is 2.24. The first kappa shape index (κ1) is 11.1. The standard InChI is InChI=1S/C13H13N3O2/c17-8-11-13(10-4-1-2-5-14-10)16-6-3-7-18-9-12(16)15-11/h1-2,4-5,8H,3,6-7,9H2. The van der Waals surface area contributed by atoms with Crippen LogP contribution in [0, 0.1) is 0 Å². The molecule has 1 aliphatic rings. The fraction of sp³-hybridized carbons (Fsp3) is 0.308. The van der Waals surface area contributed by atoms with Crippen molar-refractivity contribution >= 4 is 6.29 Å². The Morgan fingerprint density at radius 1 is 1.39 bits per heavy atom. The number of fused-ring (bicyclic) bond motifs is 1. The fourth-order valence-corrected chi connectivity index (χ4v) is 2.21. The summed E-state index contributed by atoms with van der Waals surface area (Å²) in [4.78, 5) is 19.8. The van der Waals surface area contributed by atoms with Gasteiger partial charge in [-0.15, -0.1) is 0 Å². The highest BCUT2D eigenvalue weighted by Gasteiger charge is 2.20. The van der Waals surface area contributed by atoms with Gasteiger partial charge < -0.3 is 9.30 Å². The summed E-state index contributed by atoms with van der Waals surface area (Å²) in [5.41, 5.74) is 2.01. The molecule has 3 rings (SSSR count). The van der Waals surface area contributed by atoms with Crippen molar-refractivity contribution in [1.82, 2.24) is 14.5 Å². The third-order valence-corrected chi connectivity index (χ3v) is 2.99. The molecule has 18 heavy (non-hydrogen) atoms. The molecule has 92 valence electrons. The first-order valence-electron chi connectivity index (χ1n) is 5.94. The van der Waals surface area contributed by atoms with Crippen LogP contribution >= 0.6 is 0 Å². The fourth-order valence-electron chi connectivity index (χ4n) is 2.21.